The lowest BCUT2D eigenvalue weighted by Gasteiger charge is -2.13. The molecular formula is C18H34N3O9+. The van der Waals surface area contributed by atoms with E-state index >= 15 is 0 Å². The third-order valence-electron chi connectivity index (χ3n) is 3.72. The van der Waals surface area contributed by atoms with Crippen LogP contribution in [0.25, 0.3) is 0 Å². The molecule has 12 heteroatoms. The highest BCUT2D eigenvalue weighted by Crippen LogP contribution is 2.04. The Bertz CT molecular complexity index is 517. The molecule has 0 rings (SSSR count). The number of amides is 2. The van der Waals surface area contributed by atoms with Gasteiger partial charge in [0.2, 0.25) is 12.0 Å². The van der Waals surface area contributed by atoms with E-state index in [0.717, 1.165) is 12.8 Å². The maximum atomic E-state index is 11.6. The molecular weight excluding hydrogens is 402 g/mol. The van der Waals surface area contributed by atoms with Crippen molar-refractivity contribution in [2.45, 2.75) is 44.6 Å². The van der Waals surface area contributed by atoms with Gasteiger partial charge in [0.05, 0.1) is 33.0 Å². The number of unbranched alkanes of at least 4 members (excludes halogenated alkanes) is 2. The van der Waals surface area contributed by atoms with Crippen molar-refractivity contribution in [3.05, 3.63) is 0 Å². The molecule has 0 saturated carbocycles. The molecule has 2 amide bonds. The fraction of sp³-hybridized carbons (Fsp3) is 0.778. The second-order valence-corrected chi connectivity index (χ2v) is 6.33. The van der Waals surface area contributed by atoms with Crippen LogP contribution in [-0.2, 0) is 28.6 Å². The SMILES string of the molecule is [NH3+]CCOCCOCCC(=O)NCCCCCNC(=O)O[C@@H](CCC(=O)O)C(=O)O. The van der Waals surface area contributed by atoms with Crippen molar-refractivity contribution in [1.29, 1.82) is 0 Å². The number of hydrogen-bond donors (Lipinski definition) is 5. The normalized spacial score (nSPS) is 11.5. The molecule has 0 aliphatic rings. The summed E-state index contributed by atoms with van der Waals surface area (Å²) in [4.78, 5) is 44.6. The zero-order valence-corrected chi connectivity index (χ0v) is 17.2. The smallest absolute Gasteiger partial charge is 0.407 e. The van der Waals surface area contributed by atoms with E-state index in [2.05, 4.69) is 16.4 Å². The largest absolute Gasteiger partial charge is 0.481 e. The fourth-order valence-corrected chi connectivity index (χ4v) is 2.18. The molecule has 174 valence electrons. The number of carbonyl (C=O) groups excluding carboxylic acids is 2. The molecule has 0 aliphatic carbocycles. The average molecular weight is 436 g/mol. The van der Waals surface area contributed by atoms with E-state index in [1.54, 1.807) is 0 Å². The van der Waals surface area contributed by atoms with Gasteiger partial charge in [-0.15, -0.1) is 0 Å². The Labute approximate surface area is 175 Å². The lowest BCUT2D eigenvalue weighted by atomic mass is 10.2. The van der Waals surface area contributed by atoms with Crippen LogP contribution in [0.2, 0.25) is 0 Å². The number of aliphatic carboxylic acids is 2. The highest BCUT2D eigenvalue weighted by molar-refractivity contribution is 5.78. The standard InChI is InChI=1S/C18H33N3O9/c19-7-11-29-13-12-28-10-6-15(22)20-8-2-1-3-9-21-18(27)30-14(17(25)26)4-5-16(23)24/h14H,1-13,19H2,(H,20,22)(H,21,27)(H,23,24)(H,25,26)/p+1/t14-/m0/s1. The van der Waals surface area contributed by atoms with Crippen LogP contribution in [0.1, 0.15) is 38.5 Å². The highest BCUT2D eigenvalue weighted by Gasteiger charge is 2.22. The van der Waals surface area contributed by atoms with Gasteiger partial charge < -0.3 is 40.8 Å². The number of quaternary nitrogens is 1. The van der Waals surface area contributed by atoms with E-state index < -0.39 is 30.6 Å². The fourth-order valence-electron chi connectivity index (χ4n) is 2.18. The van der Waals surface area contributed by atoms with Gasteiger partial charge in [-0.05, 0) is 19.3 Å². The number of ether oxygens (including phenoxy) is 3. The molecule has 0 saturated heterocycles. The summed E-state index contributed by atoms with van der Waals surface area (Å²) in [6.45, 7) is 3.34. The Morgan fingerprint density at radius 3 is 2.07 bits per heavy atom. The lowest BCUT2D eigenvalue weighted by Crippen LogP contribution is -2.52. The van der Waals surface area contributed by atoms with Gasteiger partial charge in [0.15, 0.2) is 0 Å². The topological polar surface area (TPSA) is 188 Å². The number of carbonyl (C=O) groups is 4. The number of carboxylic acid groups (broad SMARTS) is 2. The van der Waals surface area contributed by atoms with E-state index in [9.17, 15) is 19.2 Å². The van der Waals surface area contributed by atoms with Crippen LogP contribution in [0.5, 0.6) is 0 Å². The van der Waals surface area contributed by atoms with Crippen molar-refractivity contribution in [3.63, 3.8) is 0 Å². The molecule has 0 heterocycles. The first kappa shape index (κ1) is 27.6. The van der Waals surface area contributed by atoms with Crippen LogP contribution in [0.15, 0.2) is 0 Å². The minimum atomic E-state index is -1.50. The third kappa shape index (κ3) is 17.6. The van der Waals surface area contributed by atoms with Crippen molar-refractivity contribution >= 4 is 23.9 Å². The van der Waals surface area contributed by atoms with Crippen LogP contribution >= 0.6 is 0 Å². The quantitative estimate of drug-likeness (QED) is 0.158. The van der Waals surface area contributed by atoms with E-state index in [1.807, 2.05) is 0 Å². The Morgan fingerprint density at radius 1 is 0.833 bits per heavy atom. The molecule has 12 nitrogen and oxygen atoms in total. The summed E-state index contributed by atoms with van der Waals surface area (Å²) in [5, 5.41) is 22.7. The maximum absolute atomic E-state index is 11.6. The summed E-state index contributed by atoms with van der Waals surface area (Å²) in [5.74, 6) is -2.66. The summed E-state index contributed by atoms with van der Waals surface area (Å²) < 4.78 is 15.2. The molecule has 0 aromatic carbocycles. The van der Waals surface area contributed by atoms with Gasteiger partial charge in [-0.1, -0.05) is 0 Å². The molecule has 0 bridgehead atoms. The molecule has 0 aliphatic heterocycles. The molecule has 0 spiro atoms. The Balaban J connectivity index is 3.60. The zero-order valence-electron chi connectivity index (χ0n) is 17.2. The highest BCUT2D eigenvalue weighted by atomic mass is 16.6. The molecule has 1 atom stereocenters. The second kappa shape index (κ2) is 18.6. The average Bonchev–Trinajstić information content (AvgIpc) is 2.69. The Hall–Kier alpha value is -2.44. The monoisotopic (exact) mass is 436 g/mol. The Kier molecular flexibility index (Phi) is 17.1. The predicted octanol–water partition coefficient (Wildman–Crippen LogP) is -1.02. The first-order valence-electron chi connectivity index (χ1n) is 9.97. The number of nitrogens with one attached hydrogen (secondary N) is 2. The van der Waals surface area contributed by atoms with E-state index in [-0.39, 0.29) is 25.3 Å². The minimum absolute atomic E-state index is 0.101. The minimum Gasteiger partial charge on any atom is -0.481 e. The van der Waals surface area contributed by atoms with Crippen LogP contribution in [-0.4, -0.2) is 86.3 Å². The molecule has 0 radical (unpaired) electrons. The van der Waals surface area contributed by atoms with Gasteiger partial charge >= 0.3 is 18.0 Å². The van der Waals surface area contributed by atoms with Crippen molar-refractivity contribution in [3.8, 4) is 0 Å². The number of alkyl carbamates (subject to hydrolysis) is 1. The van der Waals surface area contributed by atoms with Crippen LogP contribution in [0.4, 0.5) is 4.79 Å². The summed E-state index contributed by atoms with van der Waals surface area (Å²) in [7, 11) is 0. The molecule has 0 unspecified atom stereocenters. The predicted molar refractivity (Wildman–Crippen MR) is 104 cm³/mol. The first-order valence-corrected chi connectivity index (χ1v) is 9.97. The maximum Gasteiger partial charge on any atom is 0.407 e. The van der Waals surface area contributed by atoms with Crippen molar-refractivity contribution < 1.29 is 49.3 Å². The molecule has 0 aromatic rings. The third-order valence-corrected chi connectivity index (χ3v) is 3.72. The van der Waals surface area contributed by atoms with Gasteiger partial charge in [0.1, 0.15) is 0 Å². The van der Waals surface area contributed by atoms with Gasteiger partial charge in [-0.2, -0.15) is 0 Å². The zero-order chi connectivity index (χ0) is 22.6. The first-order chi connectivity index (χ1) is 14.4. The molecule has 0 fully saturated rings. The van der Waals surface area contributed by atoms with Gasteiger partial charge in [-0.25, -0.2) is 9.59 Å². The van der Waals surface area contributed by atoms with Crippen LogP contribution in [0, 0.1) is 0 Å². The summed E-state index contributed by atoms with van der Waals surface area (Å²) in [5.41, 5.74) is 3.65. The Morgan fingerprint density at radius 2 is 1.47 bits per heavy atom. The van der Waals surface area contributed by atoms with Crippen molar-refractivity contribution in [2.24, 2.45) is 0 Å². The van der Waals surface area contributed by atoms with Crippen molar-refractivity contribution in [1.82, 2.24) is 10.6 Å². The molecule has 0 aromatic heterocycles. The lowest BCUT2D eigenvalue weighted by molar-refractivity contribution is -0.374. The van der Waals surface area contributed by atoms with Gasteiger partial charge in [0, 0.05) is 32.4 Å². The van der Waals surface area contributed by atoms with Crippen LogP contribution in [0.3, 0.4) is 0 Å². The van der Waals surface area contributed by atoms with E-state index in [1.165, 1.54) is 0 Å². The molecule has 30 heavy (non-hydrogen) atoms. The van der Waals surface area contributed by atoms with Gasteiger partial charge in [-0.3, -0.25) is 9.59 Å². The summed E-state index contributed by atoms with van der Waals surface area (Å²) in [6.07, 6.45) is -0.760. The molecule has 7 N–H and O–H groups in total. The van der Waals surface area contributed by atoms with Crippen LogP contribution < -0.4 is 16.4 Å². The number of rotatable bonds is 19. The van der Waals surface area contributed by atoms with E-state index in [0.29, 0.717) is 45.9 Å². The summed E-state index contributed by atoms with van der Waals surface area (Å²) in [6, 6.07) is 0. The number of hydrogen-bond acceptors (Lipinski definition) is 7. The van der Waals surface area contributed by atoms with E-state index in [4.69, 9.17) is 24.4 Å². The van der Waals surface area contributed by atoms with Crippen molar-refractivity contribution in [2.75, 3.05) is 46.1 Å². The second-order valence-electron chi connectivity index (χ2n) is 6.33. The van der Waals surface area contributed by atoms with Gasteiger partial charge in [0.25, 0.3) is 0 Å². The number of carboxylic acids is 2. The summed E-state index contributed by atoms with van der Waals surface area (Å²) >= 11 is 0.